The SMILES string of the molecule is CCNC(=NCCCc1nnc2n1CCCCC2)NC1CCN(c2c(F)cccc2F)C1. The van der Waals surface area contributed by atoms with E-state index in [0.29, 0.717) is 19.6 Å². The number of fused-ring (bicyclic) bond motifs is 1. The number of aliphatic imine (C=N–C) groups is 1. The predicted octanol–water partition coefficient (Wildman–Crippen LogP) is 3.05. The molecule has 0 spiro atoms. The zero-order valence-electron chi connectivity index (χ0n) is 18.8. The highest BCUT2D eigenvalue weighted by Crippen LogP contribution is 2.26. The summed E-state index contributed by atoms with van der Waals surface area (Å²) < 4.78 is 30.5. The van der Waals surface area contributed by atoms with E-state index < -0.39 is 11.6 Å². The lowest BCUT2D eigenvalue weighted by Gasteiger charge is -2.21. The van der Waals surface area contributed by atoms with Crippen molar-refractivity contribution >= 4 is 11.6 Å². The van der Waals surface area contributed by atoms with E-state index in [9.17, 15) is 8.78 Å². The topological polar surface area (TPSA) is 70.4 Å². The number of anilines is 1. The van der Waals surface area contributed by atoms with Crippen LogP contribution in [-0.4, -0.2) is 52.9 Å². The Morgan fingerprint density at radius 2 is 2.00 bits per heavy atom. The van der Waals surface area contributed by atoms with Gasteiger partial charge in [0.15, 0.2) is 5.96 Å². The van der Waals surface area contributed by atoms with Crippen LogP contribution in [0.4, 0.5) is 14.5 Å². The Kier molecular flexibility index (Phi) is 7.55. The maximum absolute atomic E-state index is 14.1. The van der Waals surface area contributed by atoms with Gasteiger partial charge in [0, 0.05) is 51.6 Å². The second kappa shape index (κ2) is 10.7. The summed E-state index contributed by atoms with van der Waals surface area (Å²) in [5.74, 6) is 1.89. The van der Waals surface area contributed by atoms with Crippen LogP contribution >= 0.6 is 0 Å². The predicted molar refractivity (Wildman–Crippen MR) is 122 cm³/mol. The van der Waals surface area contributed by atoms with Gasteiger partial charge in [-0.25, -0.2) is 8.78 Å². The van der Waals surface area contributed by atoms with E-state index in [0.717, 1.165) is 56.4 Å². The molecule has 9 heteroatoms. The average Bonchev–Trinajstić information content (AvgIpc) is 3.31. The summed E-state index contributed by atoms with van der Waals surface area (Å²) in [5, 5.41) is 15.5. The number of halogens is 2. The van der Waals surface area contributed by atoms with Crippen LogP contribution in [0.3, 0.4) is 0 Å². The molecule has 1 atom stereocenters. The van der Waals surface area contributed by atoms with E-state index in [1.165, 1.54) is 37.5 Å². The molecule has 4 rings (SSSR count). The molecule has 0 radical (unpaired) electrons. The van der Waals surface area contributed by atoms with Crippen molar-refractivity contribution in [1.82, 2.24) is 25.4 Å². The maximum Gasteiger partial charge on any atom is 0.191 e. The molecular formula is C23H33F2N7. The van der Waals surface area contributed by atoms with Crippen molar-refractivity contribution in [1.29, 1.82) is 0 Å². The van der Waals surface area contributed by atoms with Crippen molar-refractivity contribution in [2.45, 2.75) is 64.5 Å². The molecule has 3 heterocycles. The van der Waals surface area contributed by atoms with Crippen LogP contribution in [0, 0.1) is 11.6 Å². The van der Waals surface area contributed by atoms with Crippen molar-refractivity contribution in [3.8, 4) is 0 Å². The van der Waals surface area contributed by atoms with E-state index in [1.807, 2.05) is 6.92 Å². The molecule has 1 fully saturated rings. The minimum absolute atomic E-state index is 0.0613. The number of guanidine groups is 1. The van der Waals surface area contributed by atoms with Crippen molar-refractivity contribution in [3.63, 3.8) is 0 Å². The third kappa shape index (κ3) is 5.37. The number of hydrogen-bond acceptors (Lipinski definition) is 4. The van der Waals surface area contributed by atoms with Crippen LogP contribution in [0.2, 0.25) is 0 Å². The Morgan fingerprint density at radius 1 is 1.16 bits per heavy atom. The number of rotatable bonds is 7. The normalized spacial score (nSPS) is 19.0. The summed E-state index contributed by atoms with van der Waals surface area (Å²) in [5.41, 5.74) is 0.0613. The molecule has 2 aromatic rings. The Bertz CT molecular complexity index is 907. The molecule has 1 aromatic carbocycles. The lowest BCUT2D eigenvalue weighted by molar-refractivity contribution is 0.575. The number of nitrogens with zero attached hydrogens (tertiary/aromatic N) is 5. The van der Waals surface area contributed by atoms with Gasteiger partial charge in [-0.05, 0) is 44.7 Å². The first-order valence-corrected chi connectivity index (χ1v) is 11.8. The van der Waals surface area contributed by atoms with Gasteiger partial charge in [0.05, 0.1) is 0 Å². The van der Waals surface area contributed by atoms with E-state index in [4.69, 9.17) is 4.99 Å². The minimum Gasteiger partial charge on any atom is -0.365 e. The molecule has 32 heavy (non-hydrogen) atoms. The highest BCUT2D eigenvalue weighted by Gasteiger charge is 2.27. The smallest absolute Gasteiger partial charge is 0.191 e. The summed E-state index contributed by atoms with van der Waals surface area (Å²) >= 11 is 0. The molecule has 0 bridgehead atoms. The van der Waals surface area contributed by atoms with Crippen LogP contribution < -0.4 is 15.5 Å². The summed E-state index contributed by atoms with van der Waals surface area (Å²) in [6, 6.07) is 4.09. The van der Waals surface area contributed by atoms with E-state index in [1.54, 1.807) is 4.90 Å². The van der Waals surface area contributed by atoms with Crippen molar-refractivity contribution in [2.24, 2.45) is 4.99 Å². The first kappa shape index (κ1) is 22.5. The molecule has 2 N–H and O–H groups in total. The molecule has 0 saturated carbocycles. The quantitative estimate of drug-likeness (QED) is 0.390. The molecule has 2 aliphatic rings. The zero-order chi connectivity index (χ0) is 22.3. The Balaban J connectivity index is 1.30. The first-order valence-electron chi connectivity index (χ1n) is 11.8. The van der Waals surface area contributed by atoms with Gasteiger partial charge in [-0.3, -0.25) is 4.99 Å². The number of aromatic nitrogens is 3. The van der Waals surface area contributed by atoms with Crippen molar-refractivity contribution in [3.05, 3.63) is 41.5 Å². The van der Waals surface area contributed by atoms with Gasteiger partial charge in [0.2, 0.25) is 0 Å². The largest absolute Gasteiger partial charge is 0.365 e. The third-order valence-corrected chi connectivity index (χ3v) is 6.14. The monoisotopic (exact) mass is 445 g/mol. The lowest BCUT2D eigenvalue weighted by atomic mass is 10.2. The molecule has 1 saturated heterocycles. The van der Waals surface area contributed by atoms with E-state index >= 15 is 0 Å². The first-order chi connectivity index (χ1) is 15.7. The number of benzene rings is 1. The van der Waals surface area contributed by atoms with E-state index in [-0.39, 0.29) is 11.7 Å². The van der Waals surface area contributed by atoms with E-state index in [2.05, 4.69) is 25.4 Å². The average molecular weight is 446 g/mol. The fraction of sp³-hybridized carbons (Fsp3) is 0.609. The van der Waals surface area contributed by atoms with Crippen LogP contribution in [0.1, 0.15) is 50.7 Å². The summed E-state index contributed by atoms with van der Waals surface area (Å²) in [6.45, 7) is 5.61. The summed E-state index contributed by atoms with van der Waals surface area (Å²) in [7, 11) is 0. The molecule has 2 aliphatic heterocycles. The van der Waals surface area contributed by atoms with Gasteiger partial charge >= 0.3 is 0 Å². The Morgan fingerprint density at radius 3 is 2.81 bits per heavy atom. The molecule has 7 nitrogen and oxygen atoms in total. The van der Waals surface area contributed by atoms with Gasteiger partial charge < -0.3 is 20.1 Å². The minimum atomic E-state index is -0.516. The molecule has 174 valence electrons. The second-order valence-electron chi connectivity index (χ2n) is 8.51. The van der Waals surface area contributed by atoms with Gasteiger partial charge in [0.1, 0.15) is 29.0 Å². The summed E-state index contributed by atoms with van der Waals surface area (Å²) in [4.78, 5) is 6.48. The zero-order valence-corrected chi connectivity index (χ0v) is 18.8. The molecule has 0 aliphatic carbocycles. The third-order valence-electron chi connectivity index (χ3n) is 6.14. The molecular weight excluding hydrogens is 412 g/mol. The fourth-order valence-electron chi connectivity index (χ4n) is 4.54. The van der Waals surface area contributed by atoms with Crippen LogP contribution in [-0.2, 0) is 19.4 Å². The highest BCUT2D eigenvalue weighted by molar-refractivity contribution is 5.80. The standard InChI is InChI=1S/C23H33F2N7/c1-2-26-23(27-13-7-11-21-30-29-20-10-4-3-5-14-32(20)21)28-17-12-15-31(16-17)22-18(24)8-6-9-19(22)25/h6,8-9,17H,2-5,7,10-16H2,1H3,(H2,26,27,28). The summed E-state index contributed by atoms with van der Waals surface area (Å²) in [6.07, 6.45) is 7.22. The Hall–Kier alpha value is -2.71. The number of para-hydroxylation sites is 1. The van der Waals surface area contributed by atoms with Crippen LogP contribution in [0.15, 0.2) is 23.2 Å². The molecule has 1 unspecified atom stereocenters. The molecule has 0 amide bonds. The maximum atomic E-state index is 14.1. The van der Waals surface area contributed by atoms with Crippen LogP contribution in [0.25, 0.3) is 0 Å². The van der Waals surface area contributed by atoms with Crippen LogP contribution in [0.5, 0.6) is 0 Å². The number of aryl methyl sites for hydroxylation is 2. The molecule has 1 aromatic heterocycles. The lowest BCUT2D eigenvalue weighted by Crippen LogP contribution is -2.44. The van der Waals surface area contributed by atoms with Crippen molar-refractivity contribution < 1.29 is 8.78 Å². The highest BCUT2D eigenvalue weighted by atomic mass is 19.1. The number of hydrogen-bond donors (Lipinski definition) is 2. The number of nitrogens with one attached hydrogen (secondary N) is 2. The van der Waals surface area contributed by atoms with Gasteiger partial charge in [0.25, 0.3) is 0 Å². The fourth-order valence-corrected chi connectivity index (χ4v) is 4.54. The van der Waals surface area contributed by atoms with Crippen molar-refractivity contribution in [2.75, 3.05) is 31.1 Å². The second-order valence-corrected chi connectivity index (χ2v) is 8.51. The van der Waals surface area contributed by atoms with Gasteiger partial charge in [-0.1, -0.05) is 12.5 Å². The Labute approximate surface area is 188 Å². The van der Waals surface area contributed by atoms with Gasteiger partial charge in [-0.15, -0.1) is 10.2 Å². The van der Waals surface area contributed by atoms with Gasteiger partial charge in [-0.2, -0.15) is 0 Å².